The largest absolute Gasteiger partial charge is 0.497 e. The lowest BCUT2D eigenvalue weighted by Gasteiger charge is -2.32. The second-order valence-corrected chi connectivity index (χ2v) is 8.25. The zero-order valence-corrected chi connectivity index (χ0v) is 15.4. The maximum Gasteiger partial charge on any atom is 0.243 e. The van der Waals surface area contributed by atoms with Crippen molar-refractivity contribution in [2.45, 2.75) is 30.7 Å². The first-order valence-electron chi connectivity index (χ1n) is 8.47. The fourth-order valence-corrected chi connectivity index (χ4v) is 4.56. The van der Waals surface area contributed by atoms with Crippen LogP contribution in [-0.2, 0) is 10.0 Å². The van der Waals surface area contributed by atoms with Crippen LogP contribution in [0.1, 0.15) is 18.4 Å². The van der Waals surface area contributed by atoms with Gasteiger partial charge in [0.05, 0.1) is 12.0 Å². The molecule has 3 rings (SSSR count). The Morgan fingerprint density at radius 2 is 1.68 bits per heavy atom. The van der Waals surface area contributed by atoms with Crippen molar-refractivity contribution in [2.24, 2.45) is 0 Å². The highest BCUT2D eigenvalue weighted by Crippen LogP contribution is 2.25. The molecule has 0 amide bonds. The SMILES string of the molecule is COc1ccc(S(=O)(=O)N2CCC(Nc3ccccc3C)CC2)cc1. The number of hydrogen-bond acceptors (Lipinski definition) is 4. The molecule has 0 spiro atoms. The number of anilines is 1. The molecule has 25 heavy (non-hydrogen) atoms. The van der Waals surface area contributed by atoms with Gasteiger partial charge in [0, 0.05) is 24.8 Å². The molecule has 134 valence electrons. The first kappa shape index (κ1) is 17.8. The van der Waals surface area contributed by atoms with Gasteiger partial charge < -0.3 is 10.1 Å². The van der Waals surface area contributed by atoms with Crippen LogP contribution in [0.2, 0.25) is 0 Å². The summed E-state index contributed by atoms with van der Waals surface area (Å²) in [6, 6.07) is 15.0. The average Bonchev–Trinajstić information content (AvgIpc) is 2.64. The van der Waals surface area contributed by atoms with E-state index >= 15 is 0 Å². The maximum absolute atomic E-state index is 12.8. The molecule has 5 nitrogen and oxygen atoms in total. The van der Waals surface area contributed by atoms with Gasteiger partial charge >= 0.3 is 0 Å². The monoisotopic (exact) mass is 360 g/mol. The van der Waals surface area contributed by atoms with E-state index in [1.165, 1.54) is 5.56 Å². The summed E-state index contributed by atoms with van der Waals surface area (Å²) in [5.74, 6) is 0.653. The summed E-state index contributed by atoms with van der Waals surface area (Å²) in [6.07, 6.45) is 1.59. The fraction of sp³-hybridized carbons (Fsp3) is 0.368. The van der Waals surface area contributed by atoms with Gasteiger partial charge in [-0.15, -0.1) is 0 Å². The Kier molecular flexibility index (Phi) is 5.30. The molecule has 1 heterocycles. The molecule has 0 saturated carbocycles. The predicted octanol–water partition coefficient (Wildman–Crippen LogP) is 3.27. The van der Waals surface area contributed by atoms with Crippen LogP contribution in [0.4, 0.5) is 5.69 Å². The van der Waals surface area contributed by atoms with Gasteiger partial charge in [-0.1, -0.05) is 18.2 Å². The van der Waals surface area contributed by atoms with Gasteiger partial charge in [0.15, 0.2) is 0 Å². The van der Waals surface area contributed by atoms with Crippen LogP contribution in [0, 0.1) is 6.92 Å². The van der Waals surface area contributed by atoms with E-state index in [0.29, 0.717) is 29.8 Å². The first-order chi connectivity index (χ1) is 12.0. The Labute approximate surface area is 149 Å². The number of aryl methyl sites for hydroxylation is 1. The van der Waals surface area contributed by atoms with Crippen LogP contribution in [0.15, 0.2) is 53.4 Å². The third kappa shape index (κ3) is 3.96. The minimum absolute atomic E-state index is 0.295. The molecule has 2 aromatic carbocycles. The molecular weight excluding hydrogens is 336 g/mol. The zero-order chi connectivity index (χ0) is 17.9. The number of hydrogen-bond donors (Lipinski definition) is 1. The lowest BCUT2D eigenvalue weighted by Crippen LogP contribution is -2.42. The Hall–Kier alpha value is -2.05. The van der Waals surface area contributed by atoms with Crippen molar-refractivity contribution < 1.29 is 13.2 Å². The van der Waals surface area contributed by atoms with Crippen molar-refractivity contribution in [3.63, 3.8) is 0 Å². The van der Waals surface area contributed by atoms with E-state index in [2.05, 4.69) is 24.4 Å². The van der Waals surface area contributed by atoms with Crippen molar-refractivity contribution >= 4 is 15.7 Å². The van der Waals surface area contributed by atoms with E-state index in [-0.39, 0.29) is 0 Å². The summed E-state index contributed by atoms with van der Waals surface area (Å²) in [6.45, 7) is 3.13. The molecule has 1 aliphatic heterocycles. The summed E-state index contributed by atoms with van der Waals surface area (Å²) >= 11 is 0. The molecule has 1 saturated heterocycles. The van der Waals surface area contributed by atoms with Gasteiger partial charge in [0.2, 0.25) is 10.0 Å². The number of methoxy groups -OCH3 is 1. The molecule has 1 N–H and O–H groups in total. The molecule has 0 radical (unpaired) electrons. The van der Waals surface area contributed by atoms with Crippen LogP contribution in [-0.4, -0.2) is 39.0 Å². The van der Waals surface area contributed by atoms with Crippen LogP contribution in [0.25, 0.3) is 0 Å². The van der Waals surface area contributed by atoms with Gasteiger partial charge in [0.25, 0.3) is 0 Å². The van der Waals surface area contributed by atoms with Crippen LogP contribution < -0.4 is 10.1 Å². The molecule has 0 bridgehead atoms. The normalized spacial score (nSPS) is 16.6. The molecule has 0 aliphatic carbocycles. The third-order valence-corrected chi connectivity index (χ3v) is 6.57. The molecule has 1 aliphatic rings. The molecule has 6 heteroatoms. The quantitative estimate of drug-likeness (QED) is 0.889. The fourth-order valence-electron chi connectivity index (χ4n) is 3.09. The number of rotatable bonds is 5. The Morgan fingerprint density at radius 1 is 1.04 bits per heavy atom. The lowest BCUT2D eigenvalue weighted by atomic mass is 10.1. The molecule has 0 atom stereocenters. The highest BCUT2D eigenvalue weighted by molar-refractivity contribution is 7.89. The van der Waals surface area contributed by atoms with E-state index in [1.807, 2.05) is 12.1 Å². The van der Waals surface area contributed by atoms with Crippen LogP contribution in [0.5, 0.6) is 5.75 Å². The Morgan fingerprint density at radius 3 is 2.28 bits per heavy atom. The highest BCUT2D eigenvalue weighted by atomic mass is 32.2. The summed E-state index contributed by atoms with van der Waals surface area (Å²) in [5, 5.41) is 3.54. The van der Waals surface area contributed by atoms with Gasteiger partial charge in [-0.05, 0) is 55.7 Å². The Bertz CT molecular complexity index is 811. The van der Waals surface area contributed by atoms with Crippen molar-refractivity contribution in [1.82, 2.24) is 4.31 Å². The average molecular weight is 360 g/mol. The minimum Gasteiger partial charge on any atom is -0.497 e. The predicted molar refractivity (Wildman–Crippen MR) is 99.6 cm³/mol. The molecule has 2 aromatic rings. The molecule has 0 unspecified atom stereocenters. The summed E-state index contributed by atoms with van der Waals surface area (Å²) in [4.78, 5) is 0.318. The summed E-state index contributed by atoms with van der Waals surface area (Å²) in [5.41, 5.74) is 2.33. The van der Waals surface area contributed by atoms with Gasteiger partial charge in [-0.3, -0.25) is 0 Å². The minimum atomic E-state index is -3.44. The molecule has 0 aromatic heterocycles. The number of nitrogens with zero attached hydrogens (tertiary/aromatic N) is 1. The third-order valence-electron chi connectivity index (χ3n) is 4.66. The zero-order valence-electron chi connectivity index (χ0n) is 14.6. The van der Waals surface area contributed by atoms with Crippen molar-refractivity contribution in [3.05, 3.63) is 54.1 Å². The van der Waals surface area contributed by atoms with Crippen molar-refractivity contribution in [2.75, 3.05) is 25.5 Å². The standard InChI is InChI=1S/C19H24N2O3S/c1-15-5-3-4-6-19(15)20-16-11-13-21(14-12-16)25(22,23)18-9-7-17(24-2)8-10-18/h3-10,16,20H,11-14H2,1-2H3. The smallest absolute Gasteiger partial charge is 0.243 e. The lowest BCUT2D eigenvalue weighted by molar-refractivity contribution is 0.329. The highest BCUT2D eigenvalue weighted by Gasteiger charge is 2.29. The van der Waals surface area contributed by atoms with Crippen LogP contribution >= 0.6 is 0 Å². The molecular formula is C19H24N2O3S. The van der Waals surface area contributed by atoms with E-state index in [9.17, 15) is 8.42 Å². The second-order valence-electron chi connectivity index (χ2n) is 6.31. The summed E-state index contributed by atoms with van der Waals surface area (Å²) in [7, 11) is -1.88. The molecule has 1 fully saturated rings. The van der Waals surface area contributed by atoms with Gasteiger partial charge in [-0.2, -0.15) is 4.31 Å². The van der Waals surface area contributed by atoms with E-state index in [4.69, 9.17) is 4.74 Å². The number of sulfonamides is 1. The van der Waals surface area contributed by atoms with Crippen molar-refractivity contribution in [1.29, 1.82) is 0 Å². The number of benzene rings is 2. The Balaban J connectivity index is 1.64. The maximum atomic E-state index is 12.8. The number of piperidine rings is 1. The number of para-hydroxylation sites is 1. The van der Waals surface area contributed by atoms with E-state index in [1.54, 1.807) is 35.7 Å². The second kappa shape index (κ2) is 7.45. The van der Waals surface area contributed by atoms with Crippen LogP contribution in [0.3, 0.4) is 0 Å². The van der Waals surface area contributed by atoms with E-state index < -0.39 is 10.0 Å². The number of nitrogens with one attached hydrogen (secondary N) is 1. The van der Waals surface area contributed by atoms with E-state index in [0.717, 1.165) is 18.5 Å². The first-order valence-corrected chi connectivity index (χ1v) is 9.91. The number of ether oxygens (including phenoxy) is 1. The van der Waals surface area contributed by atoms with Crippen molar-refractivity contribution in [3.8, 4) is 5.75 Å². The topological polar surface area (TPSA) is 58.6 Å². The summed E-state index contributed by atoms with van der Waals surface area (Å²) < 4.78 is 32.2. The van der Waals surface area contributed by atoms with Gasteiger partial charge in [-0.25, -0.2) is 8.42 Å². The van der Waals surface area contributed by atoms with Gasteiger partial charge in [0.1, 0.15) is 5.75 Å².